The van der Waals surface area contributed by atoms with Crippen molar-refractivity contribution in [3.8, 4) is 22.4 Å². The van der Waals surface area contributed by atoms with Crippen LogP contribution in [-0.4, -0.2) is 10.2 Å². The molecule has 0 spiro atoms. The van der Waals surface area contributed by atoms with Crippen LogP contribution in [0.3, 0.4) is 0 Å². The molecule has 0 N–H and O–H groups in total. The third-order valence-corrected chi connectivity index (χ3v) is 5.94. The molecule has 4 aromatic rings. The van der Waals surface area contributed by atoms with Gasteiger partial charge in [0.1, 0.15) is 0 Å². The van der Waals surface area contributed by atoms with E-state index in [-0.39, 0.29) is 10.8 Å². The Morgan fingerprint density at radius 1 is 0.719 bits per heavy atom. The summed E-state index contributed by atoms with van der Waals surface area (Å²) < 4.78 is 0. The number of fused-ring (bicyclic) bond motifs is 1. The third kappa shape index (κ3) is 4.75. The van der Waals surface area contributed by atoms with E-state index in [1.165, 1.54) is 27.5 Å². The Labute approximate surface area is 192 Å². The Bertz CT molecular complexity index is 1250. The number of aryl methyl sites for hydroxylation is 1. The molecule has 0 saturated heterocycles. The van der Waals surface area contributed by atoms with Crippen LogP contribution in [0.4, 0.5) is 0 Å². The summed E-state index contributed by atoms with van der Waals surface area (Å²) in [6.07, 6.45) is 1.07. The van der Waals surface area contributed by atoms with Crippen LogP contribution in [0, 0.1) is 12.3 Å². The average molecular weight is 423 g/mol. The number of nitrogens with zero attached hydrogens (tertiary/aromatic N) is 2. The van der Waals surface area contributed by atoms with Crippen molar-refractivity contribution in [2.24, 2.45) is 5.41 Å². The number of rotatable bonds is 3. The summed E-state index contributed by atoms with van der Waals surface area (Å²) in [5.41, 5.74) is 8.34. The maximum atomic E-state index is 4.58. The molecule has 0 amide bonds. The Kier molecular flexibility index (Phi) is 5.67. The molecule has 0 aliphatic carbocycles. The van der Waals surface area contributed by atoms with Gasteiger partial charge >= 0.3 is 0 Å². The first-order chi connectivity index (χ1) is 15.0. The first kappa shape index (κ1) is 22.2. The van der Waals surface area contributed by atoms with Crippen LogP contribution in [0.25, 0.3) is 33.2 Å². The molecule has 1 heterocycles. The average Bonchev–Trinajstić information content (AvgIpc) is 2.72. The van der Waals surface area contributed by atoms with Crippen LogP contribution in [0.5, 0.6) is 0 Å². The minimum atomic E-state index is 0.0411. The Hall–Kier alpha value is -3.00. The zero-order valence-corrected chi connectivity index (χ0v) is 20.5. The molecule has 4 rings (SSSR count). The molecule has 0 unspecified atom stereocenters. The second-order valence-corrected chi connectivity index (χ2v) is 11.2. The first-order valence-corrected chi connectivity index (χ1v) is 11.5. The maximum absolute atomic E-state index is 4.58. The minimum Gasteiger partial charge on any atom is -0.155 e. The molecule has 2 nitrogen and oxygen atoms in total. The van der Waals surface area contributed by atoms with E-state index in [4.69, 9.17) is 0 Å². The van der Waals surface area contributed by atoms with E-state index >= 15 is 0 Å². The van der Waals surface area contributed by atoms with Crippen molar-refractivity contribution in [1.82, 2.24) is 10.2 Å². The second kappa shape index (κ2) is 8.16. The van der Waals surface area contributed by atoms with E-state index in [0.29, 0.717) is 0 Å². The van der Waals surface area contributed by atoms with Gasteiger partial charge in [-0.3, -0.25) is 0 Å². The fourth-order valence-corrected chi connectivity index (χ4v) is 4.38. The van der Waals surface area contributed by atoms with Crippen molar-refractivity contribution in [2.45, 2.75) is 60.3 Å². The van der Waals surface area contributed by atoms with Crippen molar-refractivity contribution < 1.29 is 0 Å². The van der Waals surface area contributed by atoms with Gasteiger partial charge in [-0.1, -0.05) is 90.1 Å². The van der Waals surface area contributed by atoms with Gasteiger partial charge in [0, 0.05) is 11.1 Å². The lowest BCUT2D eigenvalue weighted by atomic mass is 9.82. The van der Waals surface area contributed by atoms with Gasteiger partial charge in [0.05, 0.1) is 11.4 Å². The Morgan fingerprint density at radius 2 is 1.41 bits per heavy atom. The topological polar surface area (TPSA) is 25.8 Å². The predicted octanol–water partition coefficient (Wildman–Crippen LogP) is 8.16. The van der Waals surface area contributed by atoms with Crippen molar-refractivity contribution in [2.75, 3.05) is 0 Å². The normalized spacial score (nSPS) is 12.3. The van der Waals surface area contributed by atoms with Gasteiger partial charge in [0.15, 0.2) is 0 Å². The molecule has 0 atom stereocenters. The van der Waals surface area contributed by atoms with Crippen LogP contribution in [-0.2, 0) is 11.8 Å². The molecule has 2 heteroatoms. The molecule has 32 heavy (non-hydrogen) atoms. The van der Waals surface area contributed by atoms with E-state index in [9.17, 15) is 0 Å². The molecule has 0 fully saturated rings. The van der Waals surface area contributed by atoms with Gasteiger partial charge < -0.3 is 0 Å². The number of aromatic nitrogens is 2. The molecular weight excluding hydrogens is 388 g/mol. The van der Waals surface area contributed by atoms with Crippen molar-refractivity contribution in [3.63, 3.8) is 0 Å². The summed E-state index contributed by atoms with van der Waals surface area (Å²) in [5.74, 6) is 0. The Morgan fingerprint density at radius 3 is 2.06 bits per heavy atom. The van der Waals surface area contributed by atoms with Crippen molar-refractivity contribution in [3.05, 3.63) is 83.6 Å². The third-order valence-electron chi connectivity index (χ3n) is 5.94. The van der Waals surface area contributed by atoms with Crippen LogP contribution in [0.1, 0.15) is 58.4 Å². The van der Waals surface area contributed by atoms with Crippen LogP contribution in [0.2, 0.25) is 0 Å². The summed E-state index contributed by atoms with van der Waals surface area (Å²) in [5, 5.41) is 11.7. The predicted molar refractivity (Wildman–Crippen MR) is 137 cm³/mol. The van der Waals surface area contributed by atoms with Crippen LogP contribution in [0.15, 0.2) is 66.7 Å². The monoisotopic (exact) mass is 422 g/mol. The van der Waals surface area contributed by atoms with E-state index in [2.05, 4.69) is 118 Å². The lowest BCUT2D eigenvalue weighted by molar-refractivity contribution is 0.411. The molecule has 1 aromatic heterocycles. The maximum Gasteiger partial charge on any atom is 0.0936 e. The van der Waals surface area contributed by atoms with Crippen molar-refractivity contribution in [1.29, 1.82) is 0 Å². The van der Waals surface area contributed by atoms with Crippen LogP contribution < -0.4 is 0 Å². The van der Waals surface area contributed by atoms with E-state index in [1.54, 1.807) is 0 Å². The summed E-state index contributed by atoms with van der Waals surface area (Å²) in [6.45, 7) is 15.7. The van der Waals surface area contributed by atoms with E-state index < -0.39 is 0 Å². The lowest BCUT2D eigenvalue weighted by Gasteiger charge is -2.22. The number of hydrogen-bond acceptors (Lipinski definition) is 2. The van der Waals surface area contributed by atoms with E-state index in [0.717, 1.165) is 28.9 Å². The molecule has 0 bridgehead atoms. The Balaban J connectivity index is 1.79. The second-order valence-electron chi connectivity index (χ2n) is 11.2. The largest absolute Gasteiger partial charge is 0.155 e. The van der Waals surface area contributed by atoms with E-state index in [1.807, 2.05) is 6.92 Å². The molecule has 0 aliphatic heterocycles. The summed E-state index contributed by atoms with van der Waals surface area (Å²) in [6, 6.07) is 24.3. The smallest absolute Gasteiger partial charge is 0.0936 e. The summed E-state index contributed by atoms with van der Waals surface area (Å²) in [4.78, 5) is 0. The fraction of sp³-hybridized carbons (Fsp3) is 0.333. The molecule has 3 aromatic carbocycles. The van der Waals surface area contributed by atoms with Gasteiger partial charge in [0.2, 0.25) is 0 Å². The quantitative estimate of drug-likeness (QED) is 0.333. The lowest BCUT2D eigenvalue weighted by Crippen LogP contribution is -2.12. The van der Waals surface area contributed by atoms with Gasteiger partial charge in [0.25, 0.3) is 0 Å². The molecule has 0 aliphatic rings. The highest BCUT2D eigenvalue weighted by molar-refractivity contribution is 5.91. The van der Waals surface area contributed by atoms with Crippen molar-refractivity contribution >= 4 is 10.8 Å². The molecule has 0 radical (unpaired) electrons. The van der Waals surface area contributed by atoms with Gasteiger partial charge in [-0.15, -0.1) is 0 Å². The SMILES string of the molecule is Cc1nnc(-c2cc(C(C)(C)C)c3ccccc3c2)cc1-c1ccc(CC(C)(C)C)cc1. The van der Waals surface area contributed by atoms with Gasteiger partial charge in [-0.25, -0.2) is 0 Å². The minimum absolute atomic E-state index is 0.0411. The van der Waals surface area contributed by atoms with Gasteiger partial charge in [-0.2, -0.15) is 10.2 Å². The zero-order chi connectivity index (χ0) is 23.1. The van der Waals surface area contributed by atoms with Gasteiger partial charge in [-0.05, 0) is 69.8 Å². The number of benzene rings is 3. The highest BCUT2D eigenvalue weighted by atomic mass is 15.1. The summed E-state index contributed by atoms with van der Waals surface area (Å²) >= 11 is 0. The molecule has 164 valence electrons. The highest BCUT2D eigenvalue weighted by Gasteiger charge is 2.19. The fourth-order valence-electron chi connectivity index (χ4n) is 4.38. The first-order valence-electron chi connectivity index (χ1n) is 11.5. The standard InChI is InChI=1S/C30H34N2/c1-20-26(22-14-12-21(13-15-22)19-29(2,3)4)18-28(32-31-20)24-16-23-10-8-9-11-25(23)27(17-24)30(5,6)7/h8-18H,19H2,1-7H3. The highest BCUT2D eigenvalue weighted by Crippen LogP contribution is 2.35. The molecular formula is C30H34N2. The zero-order valence-electron chi connectivity index (χ0n) is 20.5. The number of hydrogen-bond donors (Lipinski definition) is 0. The summed E-state index contributed by atoms with van der Waals surface area (Å²) in [7, 11) is 0. The molecule has 0 saturated carbocycles. The van der Waals surface area contributed by atoms with Crippen LogP contribution >= 0.6 is 0 Å².